The highest BCUT2D eigenvalue weighted by Crippen LogP contribution is 2.35. The Hall–Kier alpha value is -2.14. The van der Waals surface area contributed by atoms with Gasteiger partial charge in [0, 0.05) is 37.9 Å². The van der Waals surface area contributed by atoms with Crippen LogP contribution < -0.4 is 4.74 Å². The fourth-order valence-corrected chi connectivity index (χ4v) is 4.90. The molecule has 0 aliphatic carbocycles. The highest BCUT2D eigenvalue weighted by molar-refractivity contribution is 7.89. The van der Waals surface area contributed by atoms with Gasteiger partial charge in [-0.25, -0.2) is 18.4 Å². The highest BCUT2D eigenvalue weighted by atomic mass is 32.2. The van der Waals surface area contributed by atoms with Crippen LogP contribution in [0.3, 0.4) is 0 Å². The second kappa shape index (κ2) is 8.31. The molecule has 0 aromatic carbocycles. The average molecular weight is 432 g/mol. The summed E-state index contributed by atoms with van der Waals surface area (Å²) in [7, 11) is -3.77. The number of sulfonamides is 1. The van der Waals surface area contributed by atoms with E-state index in [2.05, 4.69) is 9.97 Å². The van der Waals surface area contributed by atoms with Crippen molar-refractivity contribution in [2.24, 2.45) is 5.92 Å². The number of hydrogen-bond acceptors (Lipinski definition) is 5. The number of halogens is 3. The largest absolute Gasteiger partial charge is 0.477 e. The smallest absolute Gasteiger partial charge is 0.421 e. The minimum absolute atomic E-state index is 0.0116. The molecule has 0 bridgehead atoms. The van der Waals surface area contributed by atoms with Gasteiger partial charge >= 0.3 is 6.18 Å². The lowest BCUT2D eigenvalue weighted by Crippen LogP contribution is -2.41. The second-order valence-corrected chi connectivity index (χ2v) is 8.83. The monoisotopic (exact) mass is 432 g/mol. The van der Waals surface area contributed by atoms with Crippen molar-refractivity contribution in [2.45, 2.75) is 44.4 Å². The predicted octanol–water partition coefficient (Wildman–Crippen LogP) is 3.10. The molecule has 160 valence electrons. The number of ether oxygens (including phenoxy) is 1. The van der Waals surface area contributed by atoms with Gasteiger partial charge < -0.3 is 9.30 Å². The number of alkyl halides is 3. The quantitative estimate of drug-likeness (QED) is 0.701. The highest BCUT2D eigenvalue weighted by Gasteiger charge is 2.36. The molecule has 3 rings (SSSR count). The third kappa shape index (κ3) is 4.72. The first-order valence-corrected chi connectivity index (χ1v) is 10.8. The normalized spacial score (nSPS) is 18.7. The number of pyridine rings is 1. The van der Waals surface area contributed by atoms with Crippen molar-refractivity contribution in [3.63, 3.8) is 0 Å². The van der Waals surface area contributed by atoms with Gasteiger partial charge in [-0.15, -0.1) is 0 Å². The summed E-state index contributed by atoms with van der Waals surface area (Å²) in [6.45, 7) is 4.69. The number of aryl methyl sites for hydroxylation is 2. The Morgan fingerprint density at radius 2 is 2.10 bits per heavy atom. The molecule has 1 unspecified atom stereocenters. The van der Waals surface area contributed by atoms with Crippen LogP contribution in [0.15, 0.2) is 29.6 Å². The molecule has 0 radical (unpaired) electrons. The molecule has 1 atom stereocenters. The Labute approximate surface area is 167 Å². The molecule has 1 aliphatic heterocycles. The fraction of sp³-hybridized carbons (Fsp3) is 0.556. The standard InChI is InChI=1S/C18H23F3N4O3S/c1-3-24-11-16(23-13(24)2)29(26,27)25-9-5-6-14(10-25)12-28-17-15(18(19,20)21)7-4-8-22-17/h4,7-8,11,14H,3,5-6,9-10,12H2,1-2H3. The lowest BCUT2D eigenvalue weighted by molar-refractivity contribution is -0.139. The number of rotatable bonds is 6. The maximum atomic E-state index is 13.1. The van der Waals surface area contributed by atoms with E-state index in [1.54, 1.807) is 11.5 Å². The van der Waals surface area contributed by atoms with Crippen LogP contribution in [0, 0.1) is 12.8 Å². The number of hydrogen-bond donors (Lipinski definition) is 0. The molecule has 1 aliphatic rings. The van der Waals surface area contributed by atoms with E-state index in [4.69, 9.17) is 4.74 Å². The molecule has 1 fully saturated rings. The Kier molecular flexibility index (Phi) is 6.18. The molecule has 29 heavy (non-hydrogen) atoms. The molecule has 7 nitrogen and oxygen atoms in total. The molecule has 1 saturated heterocycles. The van der Waals surface area contributed by atoms with Gasteiger partial charge in [-0.1, -0.05) is 0 Å². The SMILES string of the molecule is CCn1cc(S(=O)(=O)N2CCCC(COc3ncccc3C(F)(F)F)C2)nc1C. The summed E-state index contributed by atoms with van der Waals surface area (Å²) in [5.41, 5.74) is -0.944. The van der Waals surface area contributed by atoms with Gasteiger partial charge in [0.2, 0.25) is 5.88 Å². The number of imidazole rings is 1. The molecule has 0 N–H and O–H groups in total. The zero-order chi connectivity index (χ0) is 21.2. The topological polar surface area (TPSA) is 77.3 Å². The summed E-state index contributed by atoms with van der Waals surface area (Å²) in [6, 6.07) is 2.11. The van der Waals surface area contributed by atoms with Crippen molar-refractivity contribution >= 4 is 10.0 Å². The van der Waals surface area contributed by atoms with Gasteiger partial charge in [0.15, 0.2) is 5.03 Å². The maximum Gasteiger partial charge on any atom is 0.421 e. The summed E-state index contributed by atoms with van der Waals surface area (Å²) in [5.74, 6) is -0.119. The van der Waals surface area contributed by atoms with Crippen molar-refractivity contribution in [2.75, 3.05) is 19.7 Å². The summed E-state index contributed by atoms with van der Waals surface area (Å²) in [4.78, 5) is 7.83. The zero-order valence-electron chi connectivity index (χ0n) is 16.2. The Balaban J connectivity index is 1.70. The Morgan fingerprint density at radius 3 is 2.76 bits per heavy atom. The number of nitrogens with zero attached hydrogens (tertiary/aromatic N) is 4. The van der Waals surface area contributed by atoms with Crippen LogP contribution >= 0.6 is 0 Å². The third-order valence-electron chi connectivity index (χ3n) is 4.91. The zero-order valence-corrected chi connectivity index (χ0v) is 17.0. The van der Waals surface area contributed by atoms with Gasteiger partial charge in [-0.05, 0) is 38.8 Å². The molecular weight excluding hydrogens is 409 g/mol. The van der Waals surface area contributed by atoms with Gasteiger partial charge in [0.05, 0.1) is 6.61 Å². The van der Waals surface area contributed by atoms with E-state index >= 15 is 0 Å². The molecule has 0 spiro atoms. The molecule has 2 aromatic heterocycles. The Bertz CT molecular complexity index is 960. The van der Waals surface area contributed by atoms with Crippen molar-refractivity contribution in [1.82, 2.24) is 18.8 Å². The lowest BCUT2D eigenvalue weighted by Gasteiger charge is -2.31. The van der Waals surface area contributed by atoms with Crippen molar-refractivity contribution in [3.8, 4) is 5.88 Å². The van der Waals surface area contributed by atoms with Crippen LogP contribution in [0.25, 0.3) is 0 Å². The average Bonchev–Trinajstić information content (AvgIpc) is 3.07. The van der Waals surface area contributed by atoms with Crippen LogP contribution in [-0.4, -0.2) is 47.0 Å². The minimum Gasteiger partial charge on any atom is -0.477 e. The first-order valence-electron chi connectivity index (χ1n) is 9.32. The van der Waals surface area contributed by atoms with Crippen LogP contribution in [0.2, 0.25) is 0 Å². The lowest BCUT2D eigenvalue weighted by atomic mass is 10.0. The van der Waals surface area contributed by atoms with E-state index in [9.17, 15) is 21.6 Å². The van der Waals surface area contributed by atoms with Crippen molar-refractivity contribution in [3.05, 3.63) is 35.9 Å². The van der Waals surface area contributed by atoms with E-state index in [1.807, 2.05) is 6.92 Å². The third-order valence-corrected chi connectivity index (χ3v) is 6.65. The molecule has 0 amide bonds. The first kappa shape index (κ1) is 21.6. The van der Waals surface area contributed by atoms with E-state index in [1.165, 1.54) is 22.8 Å². The van der Waals surface area contributed by atoms with Crippen LogP contribution in [0.5, 0.6) is 5.88 Å². The summed E-state index contributed by atoms with van der Waals surface area (Å²) >= 11 is 0. The fourth-order valence-electron chi connectivity index (χ4n) is 3.36. The summed E-state index contributed by atoms with van der Waals surface area (Å²) in [5, 5.41) is -0.0116. The van der Waals surface area contributed by atoms with Gasteiger partial charge in [0.1, 0.15) is 11.4 Å². The molecule has 11 heteroatoms. The molecule has 0 saturated carbocycles. The van der Waals surface area contributed by atoms with Crippen molar-refractivity contribution < 1.29 is 26.3 Å². The van der Waals surface area contributed by atoms with Gasteiger partial charge in [-0.3, -0.25) is 0 Å². The molecular formula is C18H23F3N4O3S. The van der Waals surface area contributed by atoms with Crippen LogP contribution in [0.1, 0.15) is 31.2 Å². The molecule has 2 aromatic rings. The second-order valence-electron chi connectivity index (χ2n) is 6.95. The summed E-state index contributed by atoms with van der Waals surface area (Å²) in [6.07, 6.45) is -0.581. The first-order chi connectivity index (χ1) is 13.6. The van der Waals surface area contributed by atoms with Crippen molar-refractivity contribution in [1.29, 1.82) is 0 Å². The van der Waals surface area contributed by atoms with E-state index < -0.39 is 27.6 Å². The van der Waals surface area contributed by atoms with Crippen LogP contribution in [-0.2, 0) is 22.7 Å². The Morgan fingerprint density at radius 1 is 1.34 bits per heavy atom. The van der Waals surface area contributed by atoms with E-state index in [0.29, 0.717) is 31.8 Å². The van der Waals surface area contributed by atoms with Crippen LogP contribution in [0.4, 0.5) is 13.2 Å². The van der Waals surface area contributed by atoms with E-state index in [-0.39, 0.29) is 24.1 Å². The maximum absolute atomic E-state index is 13.1. The van der Waals surface area contributed by atoms with Gasteiger partial charge in [-0.2, -0.15) is 17.5 Å². The number of aromatic nitrogens is 3. The molecule has 3 heterocycles. The number of piperidine rings is 1. The van der Waals surface area contributed by atoms with Gasteiger partial charge in [0.25, 0.3) is 10.0 Å². The summed E-state index contributed by atoms with van der Waals surface area (Å²) < 4.78 is 73.5. The minimum atomic E-state index is -4.57. The van der Waals surface area contributed by atoms with E-state index in [0.717, 1.165) is 6.07 Å². The predicted molar refractivity (Wildman–Crippen MR) is 98.9 cm³/mol.